The van der Waals surface area contributed by atoms with Gasteiger partial charge in [0, 0.05) is 15.7 Å². The first-order valence-corrected chi connectivity index (χ1v) is 8.06. The molecule has 1 aliphatic rings. The molecule has 110 valence electrons. The monoisotopic (exact) mass is 323 g/mol. The van der Waals surface area contributed by atoms with Crippen molar-refractivity contribution >= 4 is 29.1 Å². The highest BCUT2D eigenvalue weighted by Gasteiger charge is 2.23. The predicted molar refractivity (Wildman–Crippen MR) is 86.1 cm³/mol. The molecule has 1 unspecified atom stereocenters. The Labute approximate surface area is 132 Å². The molecule has 1 aliphatic heterocycles. The maximum absolute atomic E-state index is 13.9. The van der Waals surface area contributed by atoms with Crippen molar-refractivity contribution in [3.05, 3.63) is 52.8 Å². The number of benzene rings is 2. The van der Waals surface area contributed by atoms with Gasteiger partial charge in [-0.2, -0.15) is 0 Å². The lowest BCUT2D eigenvalue weighted by molar-refractivity contribution is 0.416. The van der Waals surface area contributed by atoms with Gasteiger partial charge in [-0.3, -0.25) is 0 Å². The zero-order valence-electron chi connectivity index (χ0n) is 11.5. The van der Waals surface area contributed by atoms with Crippen molar-refractivity contribution in [1.82, 2.24) is 0 Å². The average Bonchev–Trinajstić information content (AvgIpc) is 2.49. The molecule has 1 atom stereocenters. The first-order chi connectivity index (χ1) is 10.2. The van der Waals surface area contributed by atoms with Gasteiger partial charge in [0.2, 0.25) is 0 Å². The van der Waals surface area contributed by atoms with Crippen molar-refractivity contribution in [1.29, 1.82) is 0 Å². The first-order valence-electron chi connectivity index (χ1n) is 6.70. The lowest BCUT2D eigenvalue weighted by atomic mass is 10.0. The van der Waals surface area contributed by atoms with E-state index in [1.165, 1.54) is 6.07 Å². The van der Waals surface area contributed by atoms with Gasteiger partial charge in [-0.25, -0.2) is 4.39 Å². The quantitative estimate of drug-likeness (QED) is 0.845. The van der Waals surface area contributed by atoms with Crippen LogP contribution in [-0.4, -0.2) is 12.9 Å². The van der Waals surface area contributed by atoms with Crippen LogP contribution in [0.4, 0.5) is 10.1 Å². The Balaban J connectivity index is 1.94. The summed E-state index contributed by atoms with van der Waals surface area (Å²) in [6.07, 6.45) is 0.927. The molecular formula is C16H15ClFNOS. The second-order valence-corrected chi connectivity index (χ2v) is 6.38. The van der Waals surface area contributed by atoms with Crippen molar-refractivity contribution in [3.8, 4) is 5.75 Å². The zero-order valence-corrected chi connectivity index (χ0v) is 13.1. The number of fused-ring (bicyclic) bond motifs is 1. The number of halogens is 2. The SMILES string of the molecule is COc1ccc(Cl)cc1NC1CCSc2c(F)cccc21. The maximum atomic E-state index is 13.9. The minimum absolute atomic E-state index is 0.0596. The molecule has 21 heavy (non-hydrogen) atoms. The summed E-state index contributed by atoms with van der Waals surface area (Å²) in [7, 11) is 1.62. The molecule has 2 nitrogen and oxygen atoms in total. The second-order valence-electron chi connectivity index (χ2n) is 4.84. The Bertz CT molecular complexity index is 665. The lowest BCUT2D eigenvalue weighted by Crippen LogP contribution is -2.17. The Morgan fingerprint density at radius 3 is 3.00 bits per heavy atom. The van der Waals surface area contributed by atoms with E-state index in [2.05, 4.69) is 5.32 Å². The molecular weight excluding hydrogens is 309 g/mol. The molecule has 2 aromatic rings. The van der Waals surface area contributed by atoms with E-state index in [9.17, 15) is 4.39 Å². The molecule has 0 bridgehead atoms. The van der Waals surface area contributed by atoms with Gasteiger partial charge < -0.3 is 10.1 Å². The van der Waals surface area contributed by atoms with Gasteiger partial charge in [0.1, 0.15) is 11.6 Å². The molecule has 1 heterocycles. The molecule has 0 fully saturated rings. The van der Waals surface area contributed by atoms with Crippen molar-refractivity contribution in [2.24, 2.45) is 0 Å². The molecule has 0 radical (unpaired) electrons. The number of nitrogens with one attached hydrogen (secondary N) is 1. The summed E-state index contributed by atoms with van der Waals surface area (Å²) >= 11 is 7.63. The highest BCUT2D eigenvalue weighted by molar-refractivity contribution is 7.99. The summed E-state index contributed by atoms with van der Waals surface area (Å²) in [5, 5.41) is 4.08. The van der Waals surface area contributed by atoms with E-state index in [0.29, 0.717) is 5.02 Å². The number of thioether (sulfide) groups is 1. The van der Waals surface area contributed by atoms with Crippen LogP contribution in [0.5, 0.6) is 5.75 Å². The van der Waals surface area contributed by atoms with E-state index in [-0.39, 0.29) is 11.9 Å². The third-order valence-corrected chi connectivity index (χ3v) is 4.91. The van der Waals surface area contributed by atoms with Crippen LogP contribution in [0, 0.1) is 5.82 Å². The number of hydrogen-bond acceptors (Lipinski definition) is 3. The topological polar surface area (TPSA) is 21.3 Å². The van der Waals surface area contributed by atoms with Crippen LogP contribution in [0.25, 0.3) is 0 Å². The maximum Gasteiger partial charge on any atom is 0.142 e. The number of hydrogen-bond donors (Lipinski definition) is 1. The third kappa shape index (κ3) is 2.97. The van der Waals surface area contributed by atoms with Gasteiger partial charge in [0.25, 0.3) is 0 Å². The van der Waals surface area contributed by atoms with Gasteiger partial charge in [-0.1, -0.05) is 23.7 Å². The summed E-state index contributed by atoms with van der Waals surface area (Å²) in [4.78, 5) is 0.738. The fraction of sp³-hybridized carbons (Fsp3) is 0.250. The fourth-order valence-electron chi connectivity index (χ4n) is 2.52. The predicted octanol–water partition coefficient (Wildman–Crippen LogP) is 5.14. The molecule has 5 heteroatoms. The Morgan fingerprint density at radius 1 is 1.33 bits per heavy atom. The minimum atomic E-state index is -0.151. The van der Waals surface area contributed by atoms with E-state index >= 15 is 0 Å². The summed E-state index contributed by atoms with van der Waals surface area (Å²) in [6, 6.07) is 10.7. The molecule has 1 N–H and O–H groups in total. The molecule has 3 rings (SSSR count). The number of rotatable bonds is 3. The van der Waals surface area contributed by atoms with Crippen molar-refractivity contribution in [2.75, 3.05) is 18.2 Å². The first kappa shape index (κ1) is 14.5. The molecule has 0 saturated carbocycles. The largest absolute Gasteiger partial charge is 0.495 e. The second kappa shape index (κ2) is 6.16. The van der Waals surface area contributed by atoms with E-state index in [1.54, 1.807) is 31.0 Å². The van der Waals surface area contributed by atoms with Gasteiger partial charge in [0.15, 0.2) is 0 Å². The van der Waals surface area contributed by atoms with Crippen LogP contribution in [0.2, 0.25) is 5.02 Å². The standard InChI is InChI=1S/C16H15ClFNOS/c1-20-15-6-5-10(17)9-14(15)19-13-7-8-21-16-11(13)3-2-4-12(16)18/h2-6,9,13,19H,7-8H2,1H3. The molecule has 0 spiro atoms. The molecule has 0 amide bonds. The smallest absolute Gasteiger partial charge is 0.142 e. The van der Waals surface area contributed by atoms with Crippen LogP contribution in [0.15, 0.2) is 41.3 Å². The molecule has 0 saturated heterocycles. The summed E-state index contributed by atoms with van der Waals surface area (Å²) in [6.45, 7) is 0. The van der Waals surface area contributed by atoms with E-state index in [0.717, 1.165) is 34.1 Å². The fourth-order valence-corrected chi connectivity index (χ4v) is 3.83. The molecule has 2 aromatic carbocycles. The molecule has 0 aliphatic carbocycles. The van der Waals surface area contributed by atoms with Crippen molar-refractivity contribution < 1.29 is 9.13 Å². The van der Waals surface area contributed by atoms with Crippen molar-refractivity contribution in [2.45, 2.75) is 17.4 Å². The van der Waals surface area contributed by atoms with E-state index in [1.807, 2.05) is 18.2 Å². The molecule has 0 aromatic heterocycles. The Kier molecular flexibility index (Phi) is 4.27. The van der Waals surface area contributed by atoms with Crippen LogP contribution < -0.4 is 10.1 Å². The number of methoxy groups -OCH3 is 1. The van der Waals surface area contributed by atoms with Crippen LogP contribution in [0.3, 0.4) is 0 Å². The van der Waals surface area contributed by atoms with Crippen LogP contribution in [0.1, 0.15) is 18.0 Å². The number of ether oxygens (including phenoxy) is 1. The zero-order chi connectivity index (χ0) is 14.8. The third-order valence-electron chi connectivity index (χ3n) is 3.52. The summed E-state index contributed by atoms with van der Waals surface area (Å²) < 4.78 is 19.3. The van der Waals surface area contributed by atoms with Gasteiger partial charge in [0.05, 0.1) is 18.8 Å². The number of anilines is 1. The van der Waals surface area contributed by atoms with E-state index < -0.39 is 0 Å². The van der Waals surface area contributed by atoms with Crippen LogP contribution in [-0.2, 0) is 0 Å². The van der Waals surface area contributed by atoms with Gasteiger partial charge >= 0.3 is 0 Å². The minimum Gasteiger partial charge on any atom is -0.495 e. The highest BCUT2D eigenvalue weighted by atomic mass is 35.5. The van der Waals surface area contributed by atoms with Gasteiger partial charge in [-0.05, 0) is 36.2 Å². The Hall–Kier alpha value is -1.39. The average molecular weight is 324 g/mol. The van der Waals surface area contributed by atoms with Crippen LogP contribution >= 0.6 is 23.4 Å². The van der Waals surface area contributed by atoms with E-state index in [4.69, 9.17) is 16.3 Å². The van der Waals surface area contributed by atoms with Crippen molar-refractivity contribution in [3.63, 3.8) is 0 Å². The highest BCUT2D eigenvalue weighted by Crippen LogP contribution is 2.41. The normalized spacial score (nSPS) is 17.2. The summed E-state index contributed by atoms with van der Waals surface area (Å²) in [5.74, 6) is 1.46. The lowest BCUT2D eigenvalue weighted by Gasteiger charge is -2.27. The van der Waals surface area contributed by atoms with Gasteiger partial charge in [-0.15, -0.1) is 11.8 Å². The Morgan fingerprint density at radius 2 is 2.19 bits per heavy atom. The summed E-state index contributed by atoms with van der Waals surface area (Å²) in [5.41, 5.74) is 1.82.